The molecule has 3 nitrogen and oxygen atoms in total. The van der Waals surface area contributed by atoms with Crippen molar-refractivity contribution in [3.05, 3.63) is 36.5 Å². The number of hydrogen-bond donors (Lipinski definition) is 1. The maximum atomic E-state index is 5.92. The molecule has 0 radical (unpaired) electrons. The van der Waals surface area contributed by atoms with Gasteiger partial charge in [-0.15, -0.1) is 0 Å². The molecule has 3 heteroatoms. The van der Waals surface area contributed by atoms with E-state index in [2.05, 4.69) is 34.1 Å². The Hall–Kier alpha value is -1.61. The Kier molecular flexibility index (Phi) is 2.26. The Bertz CT molecular complexity index is 509. The first-order chi connectivity index (χ1) is 7.83. The second-order valence-corrected chi connectivity index (χ2v) is 4.38. The zero-order valence-corrected chi connectivity index (χ0v) is 9.13. The summed E-state index contributed by atoms with van der Waals surface area (Å²) in [4.78, 5) is 6.71. The predicted molar refractivity (Wildman–Crippen MR) is 66.5 cm³/mol. The van der Waals surface area contributed by atoms with Crippen LogP contribution in [-0.4, -0.2) is 24.1 Å². The summed E-state index contributed by atoms with van der Waals surface area (Å²) in [5.41, 5.74) is 8.21. The molecule has 16 heavy (non-hydrogen) atoms. The van der Waals surface area contributed by atoms with Crippen molar-refractivity contribution in [3.63, 3.8) is 0 Å². The van der Waals surface area contributed by atoms with Crippen LogP contribution in [0, 0.1) is 0 Å². The molecule has 1 atom stereocenters. The number of anilines is 1. The largest absolute Gasteiger partial charge is 0.370 e. The predicted octanol–water partition coefficient (Wildman–Crippen LogP) is 1.77. The minimum absolute atomic E-state index is 0.319. The molecule has 1 aromatic heterocycles. The molecule has 82 valence electrons. The molecule has 1 aromatic carbocycles. The van der Waals surface area contributed by atoms with Gasteiger partial charge in [0.25, 0.3) is 0 Å². The van der Waals surface area contributed by atoms with Gasteiger partial charge in [0, 0.05) is 36.4 Å². The van der Waals surface area contributed by atoms with Gasteiger partial charge in [-0.3, -0.25) is 4.98 Å². The van der Waals surface area contributed by atoms with Crippen molar-refractivity contribution in [3.8, 4) is 0 Å². The highest BCUT2D eigenvalue weighted by Crippen LogP contribution is 2.23. The van der Waals surface area contributed by atoms with Gasteiger partial charge >= 0.3 is 0 Å². The van der Waals surface area contributed by atoms with Crippen LogP contribution < -0.4 is 10.6 Å². The van der Waals surface area contributed by atoms with Crippen LogP contribution in [0.4, 0.5) is 5.69 Å². The average molecular weight is 213 g/mol. The molecule has 2 N–H and O–H groups in total. The van der Waals surface area contributed by atoms with Crippen molar-refractivity contribution >= 4 is 16.6 Å². The summed E-state index contributed by atoms with van der Waals surface area (Å²) < 4.78 is 0. The summed E-state index contributed by atoms with van der Waals surface area (Å²) in [6.07, 6.45) is 2.92. The third kappa shape index (κ3) is 1.63. The van der Waals surface area contributed by atoms with Crippen LogP contribution in [0.1, 0.15) is 6.42 Å². The van der Waals surface area contributed by atoms with Gasteiger partial charge in [-0.25, -0.2) is 0 Å². The number of nitrogens with zero attached hydrogens (tertiary/aromatic N) is 2. The second kappa shape index (κ2) is 3.76. The molecule has 0 saturated carbocycles. The van der Waals surface area contributed by atoms with E-state index in [1.165, 1.54) is 11.1 Å². The first-order valence-electron chi connectivity index (χ1n) is 5.68. The third-order valence-corrected chi connectivity index (χ3v) is 3.18. The van der Waals surface area contributed by atoms with Crippen molar-refractivity contribution in [2.75, 3.05) is 18.0 Å². The van der Waals surface area contributed by atoms with Crippen molar-refractivity contribution < 1.29 is 0 Å². The highest BCUT2D eigenvalue weighted by Gasteiger charge is 2.19. The Morgan fingerprint density at radius 3 is 3.06 bits per heavy atom. The lowest BCUT2D eigenvalue weighted by molar-refractivity contribution is 0.752. The fraction of sp³-hybridized carbons (Fsp3) is 0.308. The zero-order valence-electron chi connectivity index (χ0n) is 9.13. The molecule has 0 bridgehead atoms. The molecule has 1 saturated heterocycles. The standard InChI is InChI=1S/C13H15N3/c14-11-5-7-16(9-11)12-4-3-10-2-1-6-15-13(10)8-12/h1-4,6,8,11H,5,7,9,14H2. The van der Waals surface area contributed by atoms with E-state index in [0.29, 0.717) is 6.04 Å². The van der Waals surface area contributed by atoms with Gasteiger partial charge in [0.15, 0.2) is 0 Å². The lowest BCUT2D eigenvalue weighted by Crippen LogP contribution is -2.26. The van der Waals surface area contributed by atoms with E-state index in [9.17, 15) is 0 Å². The highest BCUT2D eigenvalue weighted by atomic mass is 15.2. The third-order valence-electron chi connectivity index (χ3n) is 3.18. The molecule has 2 aromatic rings. The number of rotatable bonds is 1. The van der Waals surface area contributed by atoms with Crippen molar-refractivity contribution in [2.24, 2.45) is 5.73 Å². The first kappa shape index (κ1) is 9.60. The molecule has 3 rings (SSSR count). The van der Waals surface area contributed by atoms with Crippen molar-refractivity contribution in [1.29, 1.82) is 0 Å². The Morgan fingerprint density at radius 2 is 2.25 bits per heavy atom. The Balaban J connectivity index is 1.99. The van der Waals surface area contributed by atoms with Gasteiger partial charge in [0.2, 0.25) is 0 Å². The fourth-order valence-electron chi connectivity index (χ4n) is 2.27. The van der Waals surface area contributed by atoms with Gasteiger partial charge in [0.05, 0.1) is 5.52 Å². The van der Waals surface area contributed by atoms with Gasteiger partial charge in [-0.2, -0.15) is 0 Å². The lowest BCUT2D eigenvalue weighted by Gasteiger charge is -2.18. The van der Waals surface area contributed by atoms with E-state index >= 15 is 0 Å². The van der Waals surface area contributed by atoms with E-state index in [-0.39, 0.29) is 0 Å². The summed E-state index contributed by atoms with van der Waals surface area (Å²) in [5, 5.41) is 1.19. The van der Waals surface area contributed by atoms with Crippen molar-refractivity contribution in [2.45, 2.75) is 12.5 Å². The maximum Gasteiger partial charge on any atom is 0.0722 e. The maximum absolute atomic E-state index is 5.92. The summed E-state index contributed by atoms with van der Waals surface area (Å²) in [5.74, 6) is 0. The number of fused-ring (bicyclic) bond motifs is 1. The number of aromatic nitrogens is 1. The van der Waals surface area contributed by atoms with Crippen LogP contribution in [0.3, 0.4) is 0 Å². The van der Waals surface area contributed by atoms with Crippen LogP contribution in [0.5, 0.6) is 0 Å². The van der Waals surface area contributed by atoms with E-state index in [4.69, 9.17) is 5.73 Å². The molecule has 0 amide bonds. The lowest BCUT2D eigenvalue weighted by atomic mass is 10.2. The van der Waals surface area contributed by atoms with Crippen LogP contribution in [0.25, 0.3) is 10.9 Å². The van der Waals surface area contributed by atoms with Crippen LogP contribution in [0.15, 0.2) is 36.5 Å². The molecule has 1 unspecified atom stereocenters. The summed E-state index contributed by atoms with van der Waals surface area (Å²) in [7, 11) is 0. The van der Waals surface area contributed by atoms with Gasteiger partial charge in [-0.05, 0) is 24.6 Å². The minimum Gasteiger partial charge on any atom is -0.370 e. The van der Waals surface area contributed by atoms with Crippen LogP contribution in [0.2, 0.25) is 0 Å². The van der Waals surface area contributed by atoms with E-state index in [1.807, 2.05) is 12.3 Å². The number of benzene rings is 1. The van der Waals surface area contributed by atoms with Crippen LogP contribution in [-0.2, 0) is 0 Å². The van der Waals surface area contributed by atoms with Crippen LogP contribution >= 0.6 is 0 Å². The summed E-state index contributed by atoms with van der Waals surface area (Å²) >= 11 is 0. The Labute approximate surface area is 94.9 Å². The molecule has 0 spiro atoms. The van der Waals surface area contributed by atoms with E-state index in [0.717, 1.165) is 25.0 Å². The monoisotopic (exact) mass is 213 g/mol. The fourth-order valence-corrected chi connectivity index (χ4v) is 2.27. The SMILES string of the molecule is NC1CCN(c2ccc3cccnc3c2)C1. The van der Waals surface area contributed by atoms with Crippen molar-refractivity contribution in [1.82, 2.24) is 4.98 Å². The number of hydrogen-bond acceptors (Lipinski definition) is 3. The molecule has 0 aliphatic carbocycles. The second-order valence-electron chi connectivity index (χ2n) is 4.38. The number of nitrogens with two attached hydrogens (primary N) is 1. The van der Waals surface area contributed by atoms with Gasteiger partial charge < -0.3 is 10.6 Å². The molecule has 1 aliphatic rings. The highest BCUT2D eigenvalue weighted by molar-refractivity contribution is 5.82. The average Bonchev–Trinajstić information content (AvgIpc) is 2.75. The van der Waals surface area contributed by atoms with E-state index < -0.39 is 0 Å². The summed E-state index contributed by atoms with van der Waals surface area (Å²) in [6.45, 7) is 2.01. The van der Waals surface area contributed by atoms with Gasteiger partial charge in [0.1, 0.15) is 0 Å². The van der Waals surface area contributed by atoms with E-state index in [1.54, 1.807) is 0 Å². The number of pyridine rings is 1. The molecular weight excluding hydrogens is 198 g/mol. The molecule has 1 aliphatic heterocycles. The topological polar surface area (TPSA) is 42.1 Å². The minimum atomic E-state index is 0.319. The summed E-state index contributed by atoms with van der Waals surface area (Å²) in [6, 6.07) is 10.8. The quantitative estimate of drug-likeness (QED) is 0.785. The molecule has 1 fully saturated rings. The Morgan fingerprint density at radius 1 is 1.31 bits per heavy atom. The van der Waals surface area contributed by atoms with Gasteiger partial charge in [-0.1, -0.05) is 12.1 Å². The normalized spacial score (nSPS) is 20.6. The zero-order chi connectivity index (χ0) is 11.0. The smallest absolute Gasteiger partial charge is 0.0722 e. The first-order valence-corrected chi connectivity index (χ1v) is 5.68. The molecular formula is C13H15N3. The molecule has 2 heterocycles.